The smallest absolute Gasteiger partial charge is 0.250 e. The summed E-state index contributed by atoms with van der Waals surface area (Å²) < 4.78 is 0. The van der Waals surface area contributed by atoms with Gasteiger partial charge in [-0.05, 0) is 37.8 Å². The van der Waals surface area contributed by atoms with Crippen LogP contribution in [0.2, 0.25) is 0 Å². The highest BCUT2D eigenvalue weighted by Crippen LogP contribution is 2.34. The normalized spacial score (nSPS) is 24.5. The van der Waals surface area contributed by atoms with E-state index in [1.807, 2.05) is 43.0 Å². The fourth-order valence-corrected chi connectivity index (χ4v) is 5.27. The van der Waals surface area contributed by atoms with Crippen LogP contribution >= 0.6 is 0 Å². The van der Waals surface area contributed by atoms with E-state index >= 15 is 0 Å². The van der Waals surface area contributed by atoms with Gasteiger partial charge in [0.15, 0.2) is 0 Å². The fraction of sp³-hybridized carbons (Fsp3) is 0.652. The molecule has 152 valence electrons. The van der Waals surface area contributed by atoms with Gasteiger partial charge in [-0.3, -0.25) is 14.5 Å². The van der Waals surface area contributed by atoms with Gasteiger partial charge < -0.3 is 9.80 Å². The minimum Gasteiger partial charge on any atom is -0.338 e. The molecule has 5 nitrogen and oxygen atoms in total. The van der Waals surface area contributed by atoms with E-state index in [1.165, 1.54) is 32.1 Å². The molecule has 0 bridgehead atoms. The third-order valence-electron chi connectivity index (χ3n) is 6.76. The number of carbonyl (C=O) groups is 2. The van der Waals surface area contributed by atoms with Crippen LogP contribution in [0.15, 0.2) is 24.3 Å². The second-order valence-corrected chi connectivity index (χ2v) is 8.83. The van der Waals surface area contributed by atoms with Crippen molar-refractivity contribution in [3.8, 4) is 0 Å². The average Bonchev–Trinajstić information content (AvgIpc) is 2.72. The van der Waals surface area contributed by atoms with Crippen molar-refractivity contribution in [3.63, 3.8) is 0 Å². The van der Waals surface area contributed by atoms with Crippen molar-refractivity contribution in [3.05, 3.63) is 35.4 Å². The molecule has 2 aliphatic heterocycles. The van der Waals surface area contributed by atoms with Crippen LogP contribution in [0, 0.1) is 0 Å². The van der Waals surface area contributed by atoms with Crippen molar-refractivity contribution < 1.29 is 9.59 Å². The zero-order valence-corrected chi connectivity index (χ0v) is 17.3. The monoisotopic (exact) mass is 383 g/mol. The maximum atomic E-state index is 13.6. The van der Waals surface area contributed by atoms with Crippen LogP contribution in [-0.4, -0.2) is 64.8 Å². The van der Waals surface area contributed by atoms with E-state index in [2.05, 4.69) is 4.90 Å². The summed E-state index contributed by atoms with van der Waals surface area (Å²) in [5.74, 6) is 0.158. The van der Waals surface area contributed by atoms with E-state index < -0.39 is 6.04 Å². The maximum absolute atomic E-state index is 13.6. The maximum Gasteiger partial charge on any atom is 0.250 e. The van der Waals surface area contributed by atoms with Crippen LogP contribution < -0.4 is 0 Å². The van der Waals surface area contributed by atoms with Gasteiger partial charge in [0.05, 0.1) is 6.42 Å². The number of hydrogen-bond acceptors (Lipinski definition) is 3. The Labute approximate surface area is 168 Å². The highest BCUT2D eigenvalue weighted by molar-refractivity contribution is 5.92. The summed E-state index contributed by atoms with van der Waals surface area (Å²) in [7, 11) is 0. The lowest BCUT2D eigenvalue weighted by Gasteiger charge is -2.44. The van der Waals surface area contributed by atoms with E-state index in [9.17, 15) is 9.59 Å². The van der Waals surface area contributed by atoms with Crippen molar-refractivity contribution in [2.24, 2.45) is 0 Å². The predicted octanol–water partition coefficient (Wildman–Crippen LogP) is 3.00. The van der Waals surface area contributed by atoms with Gasteiger partial charge in [-0.15, -0.1) is 0 Å². The lowest BCUT2D eigenvalue weighted by atomic mass is 9.90. The molecule has 1 atom stereocenters. The predicted molar refractivity (Wildman–Crippen MR) is 110 cm³/mol. The number of piperazine rings is 1. The SMILES string of the molecule is CC(C)N1C(=O)Cc2ccccc2C1C(=O)N1CCN(C2CCCCC2)CC1. The van der Waals surface area contributed by atoms with Gasteiger partial charge in [-0.2, -0.15) is 0 Å². The fourth-order valence-electron chi connectivity index (χ4n) is 5.27. The molecule has 1 saturated heterocycles. The van der Waals surface area contributed by atoms with Gasteiger partial charge in [0.25, 0.3) is 0 Å². The molecule has 0 aromatic heterocycles. The largest absolute Gasteiger partial charge is 0.338 e. The number of nitrogens with zero attached hydrogens (tertiary/aromatic N) is 3. The third kappa shape index (κ3) is 3.69. The summed E-state index contributed by atoms with van der Waals surface area (Å²) in [4.78, 5) is 32.8. The van der Waals surface area contributed by atoms with E-state index in [4.69, 9.17) is 0 Å². The molecule has 0 spiro atoms. The van der Waals surface area contributed by atoms with E-state index in [-0.39, 0.29) is 17.9 Å². The molecule has 0 N–H and O–H groups in total. The topological polar surface area (TPSA) is 43.9 Å². The molecule has 1 aliphatic carbocycles. The third-order valence-corrected chi connectivity index (χ3v) is 6.76. The Kier molecular flexibility index (Phi) is 5.72. The van der Waals surface area contributed by atoms with Gasteiger partial charge in [0.1, 0.15) is 6.04 Å². The molecule has 1 saturated carbocycles. The first-order chi connectivity index (χ1) is 13.6. The molecule has 2 heterocycles. The second-order valence-electron chi connectivity index (χ2n) is 8.83. The van der Waals surface area contributed by atoms with Gasteiger partial charge in [-0.1, -0.05) is 43.5 Å². The van der Waals surface area contributed by atoms with Crippen molar-refractivity contribution in [1.82, 2.24) is 14.7 Å². The molecule has 2 amide bonds. The number of benzene rings is 1. The van der Waals surface area contributed by atoms with Crippen molar-refractivity contribution in [2.45, 2.75) is 70.5 Å². The number of carbonyl (C=O) groups excluding carboxylic acids is 2. The van der Waals surface area contributed by atoms with Crippen LogP contribution in [0.25, 0.3) is 0 Å². The van der Waals surface area contributed by atoms with Crippen molar-refractivity contribution in [2.75, 3.05) is 26.2 Å². The second kappa shape index (κ2) is 8.24. The Hall–Kier alpha value is -1.88. The Morgan fingerprint density at radius 2 is 1.68 bits per heavy atom. The Bertz CT molecular complexity index is 718. The Morgan fingerprint density at radius 1 is 1.00 bits per heavy atom. The summed E-state index contributed by atoms with van der Waals surface area (Å²) >= 11 is 0. The first-order valence-electron chi connectivity index (χ1n) is 11.0. The van der Waals surface area contributed by atoms with Crippen molar-refractivity contribution >= 4 is 11.8 Å². The molecule has 4 rings (SSSR count). The number of amides is 2. The van der Waals surface area contributed by atoms with Gasteiger partial charge in [-0.25, -0.2) is 0 Å². The average molecular weight is 384 g/mol. The molecule has 2 fully saturated rings. The van der Waals surface area contributed by atoms with Gasteiger partial charge in [0, 0.05) is 38.3 Å². The minimum atomic E-state index is -0.473. The minimum absolute atomic E-state index is 0.0123. The highest BCUT2D eigenvalue weighted by atomic mass is 16.2. The van der Waals surface area contributed by atoms with E-state index in [0.717, 1.165) is 37.3 Å². The summed E-state index contributed by atoms with van der Waals surface area (Å²) in [6.07, 6.45) is 7.06. The van der Waals surface area contributed by atoms with E-state index in [1.54, 1.807) is 4.90 Å². The molecule has 5 heteroatoms. The number of rotatable bonds is 3. The first kappa shape index (κ1) is 19.4. The Morgan fingerprint density at radius 3 is 2.36 bits per heavy atom. The van der Waals surface area contributed by atoms with Gasteiger partial charge >= 0.3 is 0 Å². The van der Waals surface area contributed by atoms with Crippen LogP contribution in [0.4, 0.5) is 0 Å². The molecule has 1 aromatic carbocycles. The van der Waals surface area contributed by atoms with Gasteiger partial charge in [0.2, 0.25) is 11.8 Å². The van der Waals surface area contributed by atoms with Crippen LogP contribution in [0.5, 0.6) is 0 Å². The highest BCUT2D eigenvalue weighted by Gasteiger charge is 2.41. The summed E-state index contributed by atoms with van der Waals surface area (Å²) in [5.41, 5.74) is 2.01. The van der Waals surface area contributed by atoms with E-state index in [0.29, 0.717) is 12.5 Å². The zero-order valence-electron chi connectivity index (χ0n) is 17.3. The summed E-state index contributed by atoms with van der Waals surface area (Å²) in [6, 6.07) is 8.20. The van der Waals surface area contributed by atoms with Crippen LogP contribution in [0.1, 0.15) is 63.1 Å². The molecule has 28 heavy (non-hydrogen) atoms. The summed E-state index contributed by atoms with van der Waals surface area (Å²) in [5, 5.41) is 0. The molecule has 1 aromatic rings. The Balaban J connectivity index is 1.50. The standard InChI is InChI=1S/C23H33N3O2/c1-17(2)26-21(27)16-18-8-6-7-11-20(18)22(26)23(28)25-14-12-24(13-15-25)19-9-4-3-5-10-19/h6-8,11,17,19,22H,3-5,9-10,12-16H2,1-2H3. The number of fused-ring (bicyclic) bond motifs is 1. The quantitative estimate of drug-likeness (QED) is 0.806. The summed E-state index contributed by atoms with van der Waals surface area (Å²) in [6.45, 7) is 7.48. The number of hydrogen-bond donors (Lipinski definition) is 0. The first-order valence-corrected chi connectivity index (χ1v) is 11.0. The zero-order chi connectivity index (χ0) is 19.7. The molecular weight excluding hydrogens is 350 g/mol. The lowest BCUT2D eigenvalue weighted by molar-refractivity contribution is -0.150. The van der Waals surface area contributed by atoms with Crippen LogP contribution in [-0.2, 0) is 16.0 Å². The molecule has 1 unspecified atom stereocenters. The van der Waals surface area contributed by atoms with Crippen LogP contribution in [0.3, 0.4) is 0 Å². The lowest BCUT2D eigenvalue weighted by Crippen LogP contribution is -2.56. The molecule has 3 aliphatic rings. The molecular formula is C23H33N3O2. The molecule has 0 radical (unpaired) electrons. The van der Waals surface area contributed by atoms with Crippen molar-refractivity contribution in [1.29, 1.82) is 0 Å².